The molecule has 0 spiro atoms. The van der Waals surface area contributed by atoms with Crippen LogP contribution in [0.1, 0.15) is 26.3 Å². The van der Waals surface area contributed by atoms with Crippen LogP contribution in [0.15, 0.2) is 48.5 Å². The lowest BCUT2D eigenvalue weighted by molar-refractivity contribution is 0.100. The van der Waals surface area contributed by atoms with Crippen LogP contribution in [-0.4, -0.2) is 11.6 Å². The molecule has 2 aromatic carbocycles. The SMILES string of the molecule is Nc1cccc(C2=CC(=O)c3c(N)cccc3C2=O)c1. The molecule has 0 aliphatic heterocycles. The lowest BCUT2D eigenvalue weighted by Crippen LogP contribution is -2.18. The lowest BCUT2D eigenvalue weighted by atomic mass is 9.85. The molecule has 0 radical (unpaired) electrons. The van der Waals surface area contributed by atoms with Crippen molar-refractivity contribution >= 4 is 28.5 Å². The number of anilines is 2. The highest BCUT2D eigenvalue weighted by Gasteiger charge is 2.27. The molecule has 0 saturated carbocycles. The molecule has 2 aromatic rings. The van der Waals surface area contributed by atoms with E-state index in [0.29, 0.717) is 28.1 Å². The Labute approximate surface area is 115 Å². The van der Waals surface area contributed by atoms with Crippen molar-refractivity contribution in [3.63, 3.8) is 0 Å². The van der Waals surface area contributed by atoms with E-state index in [0.717, 1.165) is 0 Å². The number of carbonyl (C=O) groups excluding carboxylic acids is 2. The molecule has 4 heteroatoms. The minimum atomic E-state index is -0.255. The van der Waals surface area contributed by atoms with Crippen LogP contribution >= 0.6 is 0 Å². The van der Waals surface area contributed by atoms with Gasteiger partial charge in [0.1, 0.15) is 0 Å². The summed E-state index contributed by atoms with van der Waals surface area (Å²) in [6.45, 7) is 0. The maximum atomic E-state index is 12.5. The summed E-state index contributed by atoms with van der Waals surface area (Å²) in [6, 6.07) is 11.8. The highest BCUT2D eigenvalue weighted by Crippen LogP contribution is 2.31. The van der Waals surface area contributed by atoms with E-state index in [-0.39, 0.29) is 17.1 Å². The van der Waals surface area contributed by atoms with Gasteiger partial charge in [0.25, 0.3) is 0 Å². The molecule has 0 unspecified atom stereocenters. The quantitative estimate of drug-likeness (QED) is 0.774. The molecule has 0 saturated heterocycles. The third kappa shape index (κ3) is 1.78. The molecule has 1 aliphatic carbocycles. The molecular weight excluding hydrogens is 252 g/mol. The molecule has 3 rings (SSSR count). The van der Waals surface area contributed by atoms with Crippen molar-refractivity contribution in [3.8, 4) is 0 Å². The highest BCUT2D eigenvalue weighted by molar-refractivity contribution is 6.39. The Balaban J connectivity index is 2.18. The van der Waals surface area contributed by atoms with Gasteiger partial charge in [-0.05, 0) is 29.8 Å². The van der Waals surface area contributed by atoms with Crippen LogP contribution in [0, 0.1) is 0 Å². The number of rotatable bonds is 1. The minimum Gasteiger partial charge on any atom is -0.399 e. The normalized spacial score (nSPS) is 13.9. The topological polar surface area (TPSA) is 86.2 Å². The van der Waals surface area contributed by atoms with Crippen LogP contribution in [0.2, 0.25) is 0 Å². The first kappa shape index (κ1) is 12.2. The van der Waals surface area contributed by atoms with E-state index in [1.807, 2.05) is 0 Å². The Hall–Kier alpha value is -2.88. The first-order chi connectivity index (χ1) is 9.58. The molecular formula is C16H12N2O2. The van der Waals surface area contributed by atoms with Gasteiger partial charge in [0.15, 0.2) is 11.6 Å². The molecule has 0 bridgehead atoms. The Morgan fingerprint density at radius 1 is 0.900 bits per heavy atom. The summed E-state index contributed by atoms with van der Waals surface area (Å²) in [5.74, 6) is -0.465. The van der Waals surface area contributed by atoms with Crippen LogP contribution in [0.3, 0.4) is 0 Å². The first-order valence-electron chi connectivity index (χ1n) is 6.13. The van der Waals surface area contributed by atoms with Gasteiger partial charge in [-0.3, -0.25) is 9.59 Å². The summed E-state index contributed by atoms with van der Waals surface area (Å²) in [5, 5.41) is 0. The van der Waals surface area contributed by atoms with Gasteiger partial charge in [0.05, 0.1) is 5.56 Å². The summed E-state index contributed by atoms with van der Waals surface area (Å²) in [7, 11) is 0. The Bertz CT molecular complexity index is 776. The lowest BCUT2D eigenvalue weighted by Gasteiger charge is -2.16. The maximum Gasteiger partial charge on any atom is 0.194 e. The summed E-state index contributed by atoms with van der Waals surface area (Å²) < 4.78 is 0. The zero-order chi connectivity index (χ0) is 14.3. The van der Waals surface area contributed by atoms with Crippen molar-refractivity contribution in [2.24, 2.45) is 0 Å². The van der Waals surface area contributed by atoms with E-state index in [9.17, 15) is 9.59 Å². The monoisotopic (exact) mass is 264 g/mol. The standard InChI is InChI=1S/C16H12N2O2/c17-10-4-1-3-9(7-10)12-8-14(19)15-11(16(12)20)5-2-6-13(15)18/h1-8H,17-18H2. The van der Waals surface area contributed by atoms with E-state index in [1.165, 1.54) is 6.08 Å². The van der Waals surface area contributed by atoms with Crippen molar-refractivity contribution in [1.82, 2.24) is 0 Å². The second-order valence-corrected chi connectivity index (χ2v) is 4.65. The van der Waals surface area contributed by atoms with Gasteiger partial charge < -0.3 is 11.5 Å². The Morgan fingerprint density at radius 3 is 2.40 bits per heavy atom. The molecule has 0 aromatic heterocycles. The number of allylic oxidation sites excluding steroid dienone is 2. The van der Waals surface area contributed by atoms with Gasteiger partial charge in [-0.2, -0.15) is 0 Å². The van der Waals surface area contributed by atoms with Crippen molar-refractivity contribution in [1.29, 1.82) is 0 Å². The van der Waals surface area contributed by atoms with Crippen LogP contribution in [0.25, 0.3) is 5.57 Å². The molecule has 98 valence electrons. The minimum absolute atomic E-state index is 0.211. The van der Waals surface area contributed by atoms with Gasteiger partial charge in [-0.1, -0.05) is 24.3 Å². The van der Waals surface area contributed by atoms with E-state index >= 15 is 0 Å². The Kier molecular flexibility index (Phi) is 2.64. The average Bonchev–Trinajstić information content (AvgIpc) is 2.42. The third-order valence-electron chi connectivity index (χ3n) is 3.31. The molecule has 1 aliphatic rings. The molecule has 0 heterocycles. The van der Waals surface area contributed by atoms with Crippen LogP contribution in [0.4, 0.5) is 11.4 Å². The molecule has 0 fully saturated rings. The molecule has 4 N–H and O–H groups in total. The van der Waals surface area contributed by atoms with Gasteiger partial charge in [-0.25, -0.2) is 0 Å². The summed E-state index contributed by atoms with van der Waals surface area (Å²) in [4.78, 5) is 24.7. The van der Waals surface area contributed by atoms with Gasteiger partial charge in [0.2, 0.25) is 0 Å². The third-order valence-corrected chi connectivity index (χ3v) is 3.31. The van der Waals surface area contributed by atoms with Gasteiger partial charge >= 0.3 is 0 Å². The van der Waals surface area contributed by atoms with Gasteiger partial charge in [-0.15, -0.1) is 0 Å². The fraction of sp³-hybridized carbons (Fsp3) is 0. The fourth-order valence-corrected chi connectivity index (χ4v) is 2.37. The second-order valence-electron chi connectivity index (χ2n) is 4.65. The summed E-state index contributed by atoms with van der Waals surface area (Å²) in [5.41, 5.74) is 14.0. The van der Waals surface area contributed by atoms with E-state index in [2.05, 4.69) is 0 Å². The maximum absolute atomic E-state index is 12.5. The number of nitrogen functional groups attached to an aromatic ring is 2. The van der Waals surface area contributed by atoms with Crippen LogP contribution in [-0.2, 0) is 0 Å². The number of benzene rings is 2. The zero-order valence-corrected chi connectivity index (χ0v) is 10.6. The average molecular weight is 264 g/mol. The number of fused-ring (bicyclic) bond motifs is 1. The predicted molar refractivity (Wildman–Crippen MR) is 78.3 cm³/mol. The summed E-state index contributed by atoms with van der Waals surface area (Å²) in [6.07, 6.45) is 1.33. The van der Waals surface area contributed by atoms with Crippen molar-refractivity contribution < 1.29 is 9.59 Å². The van der Waals surface area contributed by atoms with Crippen molar-refractivity contribution in [2.45, 2.75) is 0 Å². The Morgan fingerprint density at radius 2 is 1.65 bits per heavy atom. The number of hydrogen-bond acceptors (Lipinski definition) is 4. The second kappa shape index (κ2) is 4.35. The number of carbonyl (C=O) groups is 2. The molecule has 0 amide bonds. The number of hydrogen-bond donors (Lipinski definition) is 2. The van der Waals surface area contributed by atoms with E-state index in [4.69, 9.17) is 11.5 Å². The molecule has 4 nitrogen and oxygen atoms in total. The molecule has 20 heavy (non-hydrogen) atoms. The predicted octanol–water partition coefficient (Wildman–Crippen LogP) is 2.31. The van der Waals surface area contributed by atoms with E-state index < -0.39 is 0 Å². The van der Waals surface area contributed by atoms with Crippen LogP contribution < -0.4 is 11.5 Å². The summed E-state index contributed by atoms with van der Waals surface area (Å²) >= 11 is 0. The van der Waals surface area contributed by atoms with Crippen molar-refractivity contribution in [2.75, 3.05) is 11.5 Å². The number of ketones is 2. The van der Waals surface area contributed by atoms with Crippen molar-refractivity contribution in [3.05, 3.63) is 65.2 Å². The smallest absolute Gasteiger partial charge is 0.194 e. The zero-order valence-electron chi connectivity index (χ0n) is 10.6. The highest BCUT2D eigenvalue weighted by atomic mass is 16.1. The molecule has 0 atom stereocenters. The number of Topliss-reactive ketones (excluding diaryl/α,β-unsaturated/α-hetero) is 1. The largest absolute Gasteiger partial charge is 0.399 e. The number of nitrogens with two attached hydrogens (primary N) is 2. The first-order valence-corrected chi connectivity index (χ1v) is 6.13. The van der Waals surface area contributed by atoms with Crippen LogP contribution in [0.5, 0.6) is 0 Å². The van der Waals surface area contributed by atoms with Gasteiger partial charge in [0, 0.05) is 22.5 Å². The fourth-order valence-electron chi connectivity index (χ4n) is 2.37. The van der Waals surface area contributed by atoms with E-state index in [1.54, 1.807) is 42.5 Å².